The summed E-state index contributed by atoms with van der Waals surface area (Å²) in [5.41, 5.74) is 4.73. The number of aliphatic imine (C=N–C) groups is 1. The third kappa shape index (κ3) is 2.87. The van der Waals surface area contributed by atoms with Crippen LogP contribution in [0.3, 0.4) is 0 Å². The molecule has 0 heterocycles. The van der Waals surface area contributed by atoms with Crippen LogP contribution >= 0.6 is 0 Å². The first-order chi connectivity index (χ1) is 5.26. The van der Waals surface area contributed by atoms with Crippen molar-refractivity contribution < 1.29 is 4.74 Å². The minimum Gasteiger partial charge on any atom is -0.486 e. The minimum absolute atomic E-state index is 0.144. The number of nitrogens with two attached hydrogens (primary N) is 1. The second-order valence-electron chi connectivity index (χ2n) is 1.46. The highest BCUT2D eigenvalue weighted by Crippen LogP contribution is 1.96. The highest BCUT2D eigenvalue weighted by molar-refractivity contribution is 5.52. The SMILES string of the molecule is COC=N/C(C#N)=C(/N)C#N. The number of methoxy groups -OCH3 is 1. The molecule has 0 amide bonds. The minimum atomic E-state index is -0.221. The van der Waals surface area contributed by atoms with Gasteiger partial charge in [0.1, 0.15) is 17.8 Å². The molecule has 0 saturated heterocycles. The Morgan fingerprint density at radius 1 is 1.55 bits per heavy atom. The third-order valence-corrected chi connectivity index (χ3v) is 0.769. The van der Waals surface area contributed by atoms with Gasteiger partial charge in [0.25, 0.3) is 0 Å². The van der Waals surface area contributed by atoms with Crippen molar-refractivity contribution in [3.05, 3.63) is 11.4 Å². The molecule has 0 radical (unpaired) electrons. The highest BCUT2D eigenvalue weighted by Gasteiger charge is 1.97. The Morgan fingerprint density at radius 3 is 2.55 bits per heavy atom. The standard InChI is InChI=1S/C6H6N4O/c1-11-4-10-6(3-8)5(9)2-7/h4H,9H2,1H3/b6-5+,10-4?. The first-order valence-corrected chi connectivity index (χ1v) is 2.61. The second kappa shape index (κ2) is 4.83. The van der Waals surface area contributed by atoms with Crippen molar-refractivity contribution in [2.75, 3.05) is 7.11 Å². The third-order valence-electron chi connectivity index (χ3n) is 0.769. The molecule has 0 aromatic carbocycles. The lowest BCUT2D eigenvalue weighted by atomic mass is 10.4. The van der Waals surface area contributed by atoms with E-state index in [-0.39, 0.29) is 11.4 Å². The maximum Gasteiger partial charge on any atom is 0.177 e. The van der Waals surface area contributed by atoms with Gasteiger partial charge >= 0.3 is 0 Å². The molecule has 0 aromatic rings. The van der Waals surface area contributed by atoms with Crippen molar-refractivity contribution in [3.8, 4) is 12.1 Å². The van der Waals surface area contributed by atoms with Gasteiger partial charge in [-0.3, -0.25) is 0 Å². The van der Waals surface area contributed by atoms with Crippen molar-refractivity contribution in [3.63, 3.8) is 0 Å². The van der Waals surface area contributed by atoms with Gasteiger partial charge in [0.15, 0.2) is 12.1 Å². The lowest BCUT2D eigenvalue weighted by molar-refractivity contribution is 0.422. The maximum atomic E-state index is 8.35. The summed E-state index contributed by atoms with van der Waals surface area (Å²) in [5.74, 6) is 0. The van der Waals surface area contributed by atoms with Gasteiger partial charge in [0.05, 0.1) is 7.11 Å². The lowest BCUT2D eigenvalue weighted by Gasteiger charge is -1.88. The normalized spacial score (nSPS) is 11.5. The number of rotatable bonds is 2. The van der Waals surface area contributed by atoms with E-state index in [0.717, 1.165) is 6.40 Å². The van der Waals surface area contributed by atoms with Crippen molar-refractivity contribution in [2.24, 2.45) is 10.7 Å². The topological polar surface area (TPSA) is 95.2 Å². The van der Waals surface area contributed by atoms with Crippen LogP contribution in [-0.2, 0) is 4.74 Å². The molecule has 56 valence electrons. The number of nitrogens with zero attached hydrogens (tertiary/aromatic N) is 3. The molecular weight excluding hydrogens is 144 g/mol. The fourth-order valence-electron chi connectivity index (χ4n) is 0.317. The van der Waals surface area contributed by atoms with E-state index in [1.807, 2.05) is 0 Å². The number of hydrogen-bond acceptors (Lipinski definition) is 5. The molecule has 5 nitrogen and oxygen atoms in total. The van der Waals surface area contributed by atoms with Gasteiger partial charge in [-0.05, 0) is 0 Å². The fraction of sp³-hybridized carbons (Fsp3) is 0.167. The highest BCUT2D eigenvalue weighted by atomic mass is 16.5. The lowest BCUT2D eigenvalue weighted by Crippen LogP contribution is -1.97. The van der Waals surface area contributed by atoms with Crippen LogP contribution in [0.5, 0.6) is 0 Å². The maximum absolute atomic E-state index is 8.35. The molecule has 2 N–H and O–H groups in total. The predicted molar refractivity (Wildman–Crippen MR) is 37.9 cm³/mol. The molecule has 0 unspecified atom stereocenters. The Kier molecular flexibility index (Phi) is 3.95. The Morgan fingerprint density at radius 2 is 2.18 bits per heavy atom. The molecule has 0 saturated carbocycles. The van der Waals surface area contributed by atoms with E-state index in [1.54, 1.807) is 12.1 Å². The average molecular weight is 150 g/mol. The molecule has 0 aliphatic carbocycles. The second-order valence-corrected chi connectivity index (χ2v) is 1.46. The summed E-state index contributed by atoms with van der Waals surface area (Å²) in [6.07, 6.45) is 1.03. The van der Waals surface area contributed by atoms with Gasteiger partial charge < -0.3 is 10.5 Å². The van der Waals surface area contributed by atoms with Crippen LogP contribution in [0.2, 0.25) is 0 Å². The van der Waals surface area contributed by atoms with E-state index in [0.29, 0.717) is 0 Å². The van der Waals surface area contributed by atoms with Crippen LogP contribution in [0.1, 0.15) is 0 Å². The Balaban J connectivity index is 4.60. The molecule has 5 heteroatoms. The largest absolute Gasteiger partial charge is 0.486 e. The molecule has 0 aliphatic rings. The van der Waals surface area contributed by atoms with Crippen LogP contribution in [0.25, 0.3) is 0 Å². The zero-order valence-electron chi connectivity index (χ0n) is 5.90. The number of nitriles is 2. The van der Waals surface area contributed by atoms with E-state index < -0.39 is 0 Å². The van der Waals surface area contributed by atoms with E-state index in [9.17, 15) is 0 Å². The molecule has 0 bridgehead atoms. The summed E-state index contributed by atoms with van der Waals surface area (Å²) in [7, 11) is 1.38. The summed E-state index contributed by atoms with van der Waals surface area (Å²) in [5, 5.41) is 16.6. The number of hydrogen-bond donors (Lipinski definition) is 1. The van der Waals surface area contributed by atoms with Gasteiger partial charge in [-0.1, -0.05) is 0 Å². The summed E-state index contributed by atoms with van der Waals surface area (Å²) < 4.78 is 4.43. The zero-order valence-corrected chi connectivity index (χ0v) is 5.90. The molecule has 0 aromatic heterocycles. The van der Waals surface area contributed by atoms with Gasteiger partial charge in [-0.15, -0.1) is 0 Å². The van der Waals surface area contributed by atoms with E-state index in [2.05, 4.69) is 9.73 Å². The quantitative estimate of drug-likeness (QED) is 0.337. The molecule has 0 atom stereocenters. The van der Waals surface area contributed by atoms with Crippen LogP contribution < -0.4 is 5.73 Å². The van der Waals surface area contributed by atoms with Crippen molar-refractivity contribution >= 4 is 6.40 Å². The summed E-state index contributed by atoms with van der Waals surface area (Å²) in [6, 6.07) is 3.23. The fourth-order valence-corrected chi connectivity index (χ4v) is 0.317. The summed E-state index contributed by atoms with van der Waals surface area (Å²) >= 11 is 0. The van der Waals surface area contributed by atoms with Crippen LogP contribution in [0.4, 0.5) is 0 Å². The summed E-state index contributed by atoms with van der Waals surface area (Å²) in [6.45, 7) is 0. The van der Waals surface area contributed by atoms with Gasteiger partial charge in [0.2, 0.25) is 0 Å². The summed E-state index contributed by atoms with van der Waals surface area (Å²) in [4.78, 5) is 3.46. The Hall–Kier alpha value is -2.01. The molecule has 0 spiro atoms. The monoisotopic (exact) mass is 150 g/mol. The van der Waals surface area contributed by atoms with Crippen molar-refractivity contribution in [1.29, 1.82) is 10.5 Å². The van der Waals surface area contributed by atoms with E-state index >= 15 is 0 Å². The predicted octanol–water partition coefficient (Wildman–Crippen LogP) is -0.121. The Bertz CT molecular complexity index is 265. The van der Waals surface area contributed by atoms with E-state index in [4.69, 9.17) is 16.3 Å². The molecule has 0 aliphatic heterocycles. The molecule has 11 heavy (non-hydrogen) atoms. The zero-order chi connectivity index (χ0) is 8.69. The van der Waals surface area contributed by atoms with Gasteiger partial charge in [-0.2, -0.15) is 10.5 Å². The van der Waals surface area contributed by atoms with Crippen LogP contribution in [0.15, 0.2) is 16.4 Å². The molecular formula is C6H6N4O. The van der Waals surface area contributed by atoms with Crippen molar-refractivity contribution in [2.45, 2.75) is 0 Å². The van der Waals surface area contributed by atoms with Gasteiger partial charge in [-0.25, -0.2) is 4.99 Å². The van der Waals surface area contributed by atoms with Crippen LogP contribution in [0, 0.1) is 22.7 Å². The first kappa shape index (κ1) is 8.99. The average Bonchev–Trinajstić information content (AvgIpc) is 2.05. The van der Waals surface area contributed by atoms with Gasteiger partial charge in [0, 0.05) is 0 Å². The van der Waals surface area contributed by atoms with E-state index in [1.165, 1.54) is 7.11 Å². The van der Waals surface area contributed by atoms with Crippen molar-refractivity contribution in [1.82, 2.24) is 0 Å². The van der Waals surface area contributed by atoms with Crippen LogP contribution in [-0.4, -0.2) is 13.5 Å². The Labute approximate surface area is 64.0 Å². The molecule has 0 fully saturated rings. The number of allylic oxidation sites excluding steroid dienone is 2. The number of ether oxygens (including phenoxy) is 1. The first-order valence-electron chi connectivity index (χ1n) is 2.61. The molecule has 0 rings (SSSR count). The smallest absolute Gasteiger partial charge is 0.177 e.